The van der Waals surface area contributed by atoms with Crippen LogP contribution in [-0.2, 0) is 9.53 Å². The first-order valence-corrected chi connectivity index (χ1v) is 2.82. The van der Waals surface area contributed by atoms with Gasteiger partial charge in [-0.3, -0.25) is 0 Å². The number of hydrogen-bond donors (Lipinski definition) is 0. The Balaban J connectivity index is 0. The van der Waals surface area contributed by atoms with E-state index in [1.54, 1.807) is 13.0 Å². The van der Waals surface area contributed by atoms with E-state index in [1.807, 2.05) is 0 Å². The number of nitrogens with zero attached hydrogens (tertiary/aromatic N) is 1. The fourth-order valence-electron chi connectivity index (χ4n) is 0.201. The van der Waals surface area contributed by atoms with Gasteiger partial charge in [-0.05, 0) is 6.92 Å². The lowest BCUT2D eigenvalue weighted by molar-refractivity contribution is -0.137. The molecule has 0 radical (unpaired) electrons. The molecule has 0 atom stereocenters. The Morgan fingerprint density at radius 3 is 2.40 bits per heavy atom. The van der Waals surface area contributed by atoms with E-state index in [0.717, 1.165) is 6.08 Å². The van der Waals surface area contributed by atoms with E-state index >= 15 is 0 Å². The molecule has 0 aromatic heterocycles. The second-order valence-corrected chi connectivity index (χ2v) is 1.18. The molecule has 0 aliphatic heterocycles. The van der Waals surface area contributed by atoms with Crippen molar-refractivity contribution >= 4 is 5.97 Å². The van der Waals surface area contributed by atoms with Crippen LogP contribution in [0.5, 0.6) is 0 Å². The molecule has 0 aromatic carbocycles. The molecule has 56 valence electrons. The van der Waals surface area contributed by atoms with Crippen molar-refractivity contribution in [3.05, 3.63) is 12.7 Å². The summed E-state index contributed by atoms with van der Waals surface area (Å²) in [6, 6.07) is 1.75. The molecule has 0 amide bonds. The quantitative estimate of drug-likeness (QED) is 0.429. The molecule has 0 saturated heterocycles. The second-order valence-electron chi connectivity index (χ2n) is 1.18. The summed E-state index contributed by atoms with van der Waals surface area (Å²) in [7, 11) is 0. The molecule has 0 unspecified atom stereocenters. The van der Waals surface area contributed by atoms with E-state index in [0.29, 0.717) is 6.61 Å². The molecule has 0 saturated carbocycles. The summed E-state index contributed by atoms with van der Waals surface area (Å²) in [4.78, 5) is 10.1. The van der Waals surface area contributed by atoms with E-state index in [4.69, 9.17) is 5.26 Å². The van der Waals surface area contributed by atoms with Gasteiger partial charge in [-0.25, -0.2) is 4.79 Å². The topological polar surface area (TPSA) is 50.1 Å². The van der Waals surface area contributed by atoms with Gasteiger partial charge in [0.05, 0.1) is 12.7 Å². The van der Waals surface area contributed by atoms with E-state index in [9.17, 15) is 4.79 Å². The third-order valence-corrected chi connectivity index (χ3v) is 0.453. The summed E-state index contributed by atoms with van der Waals surface area (Å²) in [5, 5.41) is 7.32. The monoisotopic (exact) mass is 141 g/mol. The predicted molar refractivity (Wildman–Crippen MR) is 38.1 cm³/mol. The van der Waals surface area contributed by atoms with Gasteiger partial charge in [0.2, 0.25) is 0 Å². The summed E-state index contributed by atoms with van der Waals surface area (Å²) < 4.78 is 4.43. The highest BCUT2D eigenvalue weighted by Gasteiger charge is 1.86. The highest BCUT2D eigenvalue weighted by molar-refractivity contribution is 5.81. The number of nitriles is 1. The lowest BCUT2D eigenvalue weighted by atomic mass is 10.6. The van der Waals surface area contributed by atoms with Gasteiger partial charge >= 0.3 is 5.97 Å². The zero-order chi connectivity index (χ0) is 8.41. The highest BCUT2D eigenvalue weighted by Crippen LogP contribution is 1.74. The van der Waals surface area contributed by atoms with Crippen LogP contribution in [0.3, 0.4) is 0 Å². The molecule has 0 heterocycles. The highest BCUT2D eigenvalue weighted by atomic mass is 16.5. The van der Waals surface area contributed by atoms with Crippen LogP contribution in [0.15, 0.2) is 12.7 Å². The van der Waals surface area contributed by atoms with Crippen molar-refractivity contribution < 1.29 is 9.53 Å². The van der Waals surface area contributed by atoms with Crippen LogP contribution in [-0.4, -0.2) is 12.6 Å². The first-order valence-electron chi connectivity index (χ1n) is 2.82. The van der Waals surface area contributed by atoms with Gasteiger partial charge in [0, 0.05) is 13.0 Å². The van der Waals surface area contributed by atoms with Gasteiger partial charge in [-0.1, -0.05) is 6.58 Å². The second kappa shape index (κ2) is 10.6. The minimum absolute atomic E-state index is 0.359. The SMILES string of the molecule is C=CC(=O)OCC.CC#N. The Bertz CT molecular complexity index is 135. The van der Waals surface area contributed by atoms with Crippen molar-refractivity contribution in [2.24, 2.45) is 0 Å². The van der Waals surface area contributed by atoms with E-state index in [1.165, 1.54) is 6.92 Å². The van der Waals surface area contributed by atoms with Gasteiger partial charge in [-0.15, -0.1) is 0 Å². The molecule has 0 aromatic rings. The number of carbonyl (C=O) groups excluding carboxylic acids is 1. The lowest BCUT2D eigenvalue weighted by Gasteiger charge is -1.90. The van der Waals surface area contributed by atoms with E-state index < -0.39 is 0 Å². The average molecular weight is 141 g/mol. The number of esters is 1. The normalized spacial score (nSPS) is 6.10. The van der Waals surface area contributed by atoms with Crippen LogP contribution in [0.2, 0.25) is 0 Å². The van der Waals surface area contributed by atoms with Crippen LogP contribution in [0.1, 0.15) is 13.8 Å². The summed E-state index contributed by atoms with van der Waals surface area (Å²) in [5.74, 6) is -0.359. The summed E-state index contributed by atoms with van der Waals surface area (Å²) in [6.45, 7) is 6.81. The van der Waals surface area contributed by atoms with Gasteiger partial charge in [0.25, 0.3) is 0 Å². The number of hydrogen-bond acceptors (Lipinski definition) is 3. The summed E-state index contributed by atoms with van der Waals surface area (Å²) in [5.41, 5.74) is 0. The van der Waals surface area contributed by atoms with Gasteiger partial charge in [0.15, 0.2) is 0 Å². The maximum atomic E-state index is 10.1. The van der Waals surface area contributed by atoms with Crippen LogP contribution >= 0.6 is 0 Å². The van der Waals surface area contributed by atoms with Crippen molar-refractivity contribution in [2.75, 3.05) is 6.61 Å². The van der Waals surface area contributed by atoms with Crippen molar-refractivity contribution in [1.82, 2.24) is 0 Å². The predicted octanol–water partition coefficient (Wildman–Crippen LogP) is 1.27. The smallest absolute Gasteiger partial charge is 0.330 e. The Kier molecular flexibility index (Phi) is 12.2. The molecular weight excluding hydrogens is 130 g/mol. The van der Waals surface area contributed by atoms with Crippen LogP contribution in [0, 0.1) is 11.3 Å². The standard InChI is InChI=1S/C5H8O2.C2H3N/c1-3-5(6)7-4-2;1-2-3/h3H,1,4H2,2H3;1H3. The number of ether oxygens (including phenoxy) is 1. The Hall–Kier alpha value is -1.30. The zero-order valence-corrected chi connectivity index (χ0v) is 6.26. The first kappa shape index (κ1) is 11.5. The van der Waals surface area contributed by atoms with Crippen molar-refractivity contribution in [3.8, 4) is 6.07 Å². The van der Waals surface area contributed by atoms with E-state index in [2.05, 4.69) is 11.3 Å². The molecule has 0 N–H and O–H groups in total. The molecule has 3 heteroatoms. The fourth-order valence-corrected chi connectivity index (χ4v) is 0.201. The maximum absolute atomic E-state index is 10.1. The molecule has 0 fully saturated rings. The summed E-state index contributed by atoms with van der Waals surface area (Å²) >= 11 is 0. The van der Waals surface area contributed by atoms with Crippen molar-refractivity contribution in [2.45, 2.75) is 13.8 Å². The van der Waals surface area contributed by atoms with Gasteiger partial charge in [-0.2, -0.15) is 5.26 Å². The summed E-state index contributed by atoms with van der Waals surface area (Å²) in [6.07, 6.45) is 1.14. The molecule has 10 heavy (non-hydrogen) atoms. The lowest BCUT2D eigenvalue weighted by Crippen LogP contribution is -1.97. The van der Waals surface area contributed by atoms with Crippen molar-refractivity contribution in [3.63, 3.8) is 0 Å². The number of carbonyl (C=O) groups is 1. The Morgan fingerprint density at radius 2 is 2.30 bits per heavy atom. The molecular formula is C7H11NO2. The molecule has 0 aliphatic rings. The Labute approximate surface area is 60.9 Å². The van der Waals surface area contributed by atoms with Crippen LogP contribution < -0.4 is 0 Å². The number of rotatable bonds is 2. The minimum atomic E-state index is -0.359. The molecule has 0 aliphatic carbocycles. The molecule has 0 spiro atoms. The van der Waals surface area contributed by atoms with Crippen LogP contribution in [0.4, 0.5) is 0 Å². The molecule has 0 rings (SSSR count). The van der Waals surface area contributed by atoms with Gasteiger partial charge < -0.3 is 4.74 Å². The molecule has 3 nitrogen and oxygen atoms in total. The largest absolute Gasteiger partial charge is 0.463 e. The molecule has 0 bridgehead atoms. The van der Waals surface area contributed by atoms with Crippen molar-refractivity contribution in [1.29, 1.82) is 5.26 Å². The van der Waals surface area contributed by atoms with Gasteiger partial charge in [0.1, 0.15) is 0 Å². The average Bonchev–Trinajstić information content (AvgIpc) is 1.90. The zero-order valence-electron chi connectivity index (χ0n) is 6.26. The maximum Gasteiger partial charge on any atom is 0.330 e. The van der Waals surface area contributed by atoms with Crippen LogP contribution in [0.25, 0.3) is 0 Å². The third kappa shape index (κ3) is 15.9. The van der Waals surface area contributed by atoms with E-state index in [-0.39, 0.29) is 5.97 Å². The third-order valence-electron chi connectivity index (χ3n) is 0.453. The first-order chi connectivity index (χ1) is 4.72. The minimum Gasteiger partial charge on any atom is -0.463 e. The fraction of sp³-hybridized carbons (Fsp3) is 0.429. The Morgan fingerprint density at radius 1 is 1.90 bits per heavy atom.